The van der Waals surface area contributed by atoms with Crippen molar-refractivity contribution >= 4 is 44.8 Å². The van der Waals surface area contributed by atoms with Gasteiger partial charge in [-0.15, -0.1) is 0 Å². The highest BCUT2D eigenvalue weighted by atomic mass is 35.5. The summed E-state index contributed by atoms with van der Waals surface area (Å²) < 4.78 is 26.6. The lowest BCUT2D eigenvalue weighted by atomic mass is 10.3. The number of sulfonamides is 1. The molecule has 0 spiro atoms. The van der Waals surface area contributed by atoms with Crippen molar-refractivity contribution in [3.8, 4) is 0 Å². The molecular weight excluding hydrogens is 383 g/mol. The van der Waals surface area contributed by atoms with Crippen LogP contribution in [0.3, 0.4) is 0 Å². The van der Waals surface area contributed by atoms with Crippen molar-refractivity contribution in [2.24, 2.45) is 0 Å². The molecule has 0 heterocycles. The van der Waals surface area contributed by atoms with Gasteiger partial charge in [-0.1, -0.05) is 48.3 Å². The first-order chi connectivity index (χ1) is 11.8. The molecular formula is C17H18Cl2N2O3S. The molecule has 0 aliphatic carbocycles. The largest absolute Gasteiger partial charge is 0.324 e. The first-order valence-corrected chi connectivity index (χ1v) is 9.84. The molecule has 0 atom stereocenters. The molecule has 0 saturated heterocycles. The molecule has 0 fully saturated rings. The fraction of sp³-hybridized carbons (Fsp3) is 0.235. The molecule has 0 aliphatic heterocycles. The highest BCUT2D eigenvalue weighted by Crippen LogP contribution is 2.25. The zero-order valence-corrected chi connectivity index (χ0v) is 15.9. The van der Waals surface area contributed by atoms with E-state index in [1.165, 1.54) is 18.2 Å². The number of rotatable bonds is 7. The third-order valence-electron chi connectivity index (χ3n) is 3.38. The first-order valence-electron chi connectivity index (χ1n) is 7.64. The molecule has 5 nitrogen and oxygen atoms in total. The number of anilines is 1. The number of halogens is 2. The Bertz CT molecular complexity index is 842. The third kappa shape index (κ3) is 5.19. The topological polar surface area (TPSA) is 66.5 Å². The van der Waals surface area contributed by atoms with Gasteiger partial charge in [0.15, 0.2) is 0 Å². The van der Waals surface area contributed by atoms with Gasteiger partial charge in [0, 0.05) is 11.6 Å². The maximum atomic E-state index is 12.7. The molecule has 2 rings (SSSR count). The van der Waals surface area contributed by atoms with Gasteiger partial charge >= 0.3 is 0 Å². The quantitative estimate of drug-likeness (QED) is 0.762. The van der Waals surface area contributed by atoms with E-state index in [0.717, 1.165) is 4.31 Å². The van der Waals surface area contributed by atoms with Crippen LogP contribution in [0.5, 0.6) is 0 Å². The molecule has 0 aromatic heterocycles. The summed E-state index contributed by atoms with van der Waals surface area (Å²) in [7, 11) is -3.76. The van der Waals surface area contributed by atoms with Crippen molar-refractivity contribution in [3.63, 3.8) is 0 Å². The maximum Gasteiger partial charge on any atom is 0.243 e. The zero-order valence-electron chi connectivity index (χ0n) is 13.6. The van der Waals surface area contributed by atoms with Gasteiger partial charge < -0.3 is 5.32 Å². The van der Waals surface area contributed by atoms with Crippen molar-refractivity contribution in [2.75, 3.05) is 18.4 Å². The van der Waals surface area contributed by atoms with E-state index in [2.05, 4.69) is 5.32 Å². The number of carbonyl (C=O) groups is 1. The summed E-state index contributed by atoms with van der Waals surface area (Å²) in [5, 5.41) is 3.35. The molecule has 1 N–H and O–H groups in total. The Labute approximate surface area is 157 Å². The highest BCUT2D eigenvalue weighted by molar-refractivity contribution is 7.89. The van der Waals surface area contributed by atoms with Crippen molar-refractivity contribution in [2.45, 2.75) is 18.2 Å². The Morgan fingerprint density at radius 3 is 2.44 bits per heavy atom. The Morgan fingerprint density at radius 2 is 1.80 bits per heavy atom. The average molecular weight is 401 g/mol. The molecule has 0 unspecified atom stereocenters. The SMILES string of the molecule is CCCN(CC(=O)Nc1cc(Cl)ccc1Cl)S(=O)(=O)c1ccccc1. The van der Waals surface area contributed by atoms with Crippen LogP contribution in [-0.4, -0.2) is 31.7 Å². The van der Waals surface area contributed by atoms with E-state index in [1.807, 2.05) is 6.92 Å². The van der Waals surface area contributed by atoms with Crippen LogP contribution in [-0.2, 0) is 14.8 Å². The second kappa shape index (κ2) is 8.67. The number of nitrogens with zero attached hydrogens (tertiary/aromatic N) is 1. The molecule has 0 saturated carbocycles. The van der Waals surface area contributed by atoms with Crippen molar-refractivity contribution in [3.05, 3.63) is 58.6 Å². The van der Waals surface area contributed by atoms with E-state index in [9.17, 15) is 13.2 Å². The van der Waals surface area contributed by atoms with E-state index in [0.29, 0.717) is 22.2 Å². The molecule has 25 heavy (non-hydrogen) atoms. The number of benzene rings is 2. The van der Waals surface area contributed by atoms with Gasteiger partial charge in [0.2, 0.25) is 15.9 Å². The standard InChI is InChI=1S/C17H18Cl2N2O3S/c1-2-10-21(25(23,24)14-6-4-3-5-7-14)12-17(22)20-16-11-13(18)8-9-15(16)19/h3-9,11H,2,10,12H2,1H3,(H,20,22). The van der Waals surface area contributed by atoms with Gasteiger partial charge in [0.1, 0.15) is 0 Å². The number of hydrogen-bond acceptors (Lipinski definition) is 3. The maximum absolute atomic E-state index is 12.7. The van der Waals surface area contributed by atoms with Crippen LogP contribution in [0.25, 0.3) is 0 Å². The van der Waals surface area contributed by atoms with E-state index >= 15 is 0 Å². The lowest BCUT2D eigenvalue weighted by Gasteiger charge is -2.21. The van der Waals surface area contributed by atoms with Gasteiger partial charge in [0.05, 0.1) is 22.2 Å². The summed E-state index contributed by atoms with van der Waals surface area (Å²) in [5.74, 6) is -0.489. The molecule has 2 aromatic rings. The van der Waals surface area contributed by atoms with E-state index in [-0.39, 0.29) is 18.0 Å². The van der Waals surface area contributed by atoms with Gasteiger partial charge in [-0.05, 0) is 36.8 Å². The fourth-order valence-electron chi connectivity index (χ4n) is 2.22. The minimum atomic E-state index is -3.76. The summed E-state index contributed by atoms with van der Waals surface area (Å²) in [6.45, 7) is 1.76. The molecule has 134 valence electrons. The second-order valence-electron chi connectivity index (χ2n) is 5.32. The van der Waals surface area contributed by atoms with Crippen LogP contribution in [0.15, 0.2) is 53.4 Å². The first kappa shape index (κ1) is 19.7. The van der Waals surface area contributed by atoms with Crippen LogP contribution >= 0.6 is 23.2 Å². The van der Waals surface area contributed by atoms with Crippen LogP contribution < -0.4 is 5.32 Å². The summed E-state index contributed by atoms with van der Waals surface area (Å²) in [4.78, 5) is 12.5. The lowest BCUT2D eigenvalue weighted by Crippen LogP contribution is -2.38. The fourth-order valence-corrected chi connectivity index (χ4v) is 4.06. The Kier molecular flexibility index (Phi) is 6.84. The smallest absolute Gasteiger partial charge is 0.243 e. The number of nitrogens with one attached hydrogen (secondary N) is 1. The lowest BCUT2D eigenvalue weighted by molar-refractivity contribution is -0.116. The van der Waals surface area contributed by atoms with Crippen LogP contribution in [0.4, 0.5) is 5.69 Å². The number of carbonyl (C=O) groups excluding carboxylic acids is 1. The van der Waals surface area contributed by atoms with E-state index in [4.69, 9.17) is 23.2 Å². The molecule has 2 aromatic carbocycles. The predicted molar refractivity (Wildman–Crippen MR) is 101 cm³/mol. The van der Waals surface area contributed by atoms with Crippen LogP contribution in [0, 0.1) is 0 Å². The Balaban J connectivity index is 2.18. The summed E-state index contributed by atoms with van der Waals surface area (Å²) in [5.41, 5.74) is 0.340. The molecule has 0 radical (unpaired) electrons. The summed E-state index contributed by atoms with van der Waals surface area (Å²) in [6, 6.07) is 12.7. The summed E-state index contributed by atoms with van der Waals surface area (Å²) >= 11 is 11.9. The Hall–Kier alpha value is -1.60. The minimum Gasteiger partial charge on any atom is -0.324 e. The van der Waals surface area contributed by atoms with Gasteiger partial charge in [0.25, 0.3) is 0 Å². The minimum absolute atomic E-state index is 0.150. The molecule has 8 heteroatoms. The Morgan fingerprint density at radius 1 is 1.12 bits per heavy atom. The third-order valence-corrected chi connectivity index (χ3v) is 5.80. The van der Waals surface area contributed by atoms with Gasteiger partial charge in [-0.3, -0.25) is 4.79 Å². The van der Waals surface area contributed by atoms with E-state index < -0.39 is 15.9 Å². The summed E-state index contributed by atoms with van der Waals surface area (Å²) in [6.07, 6.45) is 0.581. The number of hydrogen-bond donors (Lipinski definition) is 1. The molecule has 0 bridgehead atoms. The van der Waals surface area contributed by atoms with Crippen LogP contribution in [0.2, 0.25) is 10.0 Å². The normalized spacial score (nSPS) is 11.5. The van der Waals surface area contributed by atoms with Crippen molar-refractivity contribution in [1.82, 2.24) is 4.31 Å². The van der Waals surface area contributed by atoms with Gasteiger partial charge in [-0.2, -0.15) is 4.31 Å². The molecule has 0 aliphatic rings. The van der Waals surface area contributed by atoms with Crippen molar-refractivity contribution < 1.29 is 13.2 Å². The monoisotopic (exact) mass is 400 g/mol. The van der Waals surface area contributed by atoms with Crippen LogP contribution in [0.1, 0.15) is 13.3 Å². The zero-order chi connectivity index (χ0) is 18.4. The van der Waals surface area contributed by atoms with Crippen molar-refractivity contribution in [1.29, 1.82) is 0 Å². The van der Waals surface area contributed by atoms with Gasteiger partial charge in [-0.25, -0.2) is 8.42 Å². The highest BCUT2D eigenvalue weighted by Gasteiger charge is 2.26. The molecule has 1 amide bonds. The number of amides is 1. The van der Waals surface area contributed by atoms with E-state index in [1.54, 1.807) is 30.3 Å². The predicted octanol–water partition coefficient (Wildman–Crippen LogP) is 4.03. The second-order valence-corrected chi connectivity index (χ2v) is 8.11. The average Bonchev–Trinajstić information content (AvgIpc) is 2.58.